The number of halogens is 1. The third kappa shape index (κ3) is 4.54. The summed E-state index contributed by atoms with van der Waals surface area (Å²) in [5.74, 6) is 0.130. The molecule has 0 spiro atoms. The smallest absolute Gasteiger partial charge is 0.396 e. The molecule has 0 aliphatic heterocycles. The standard InChI is InChI=1S/C10H14ClO4P/c1-2-5-10(11)15-16(13)14-9-7-4-3-6-8(9)12/h3-4,6-7,10,12-13H,2,5H2,1H3/t10-,16?/m1/s1. The fourth-order valence-electron chi connectivity index (χ4n) is 1.02. The maximum Gasteiger partial charge on any atom is 0.396 e. The molecule has 0 amide bonds. The Bertz CT molecular complexity index is 323. The van der Waals surface area contributed by atoms with Gasteiger partial charge in [0.1, 0.15) is 5.56 Å². The molecule has 4 nitrogen and oxygen atoms in total. The van der Waals surface area contributed by atoms with E-state index in [1.165, 1.54) is 12.1 Å². The third-order valence-electron chi connectivity index (χ3n) is 1.76. The van der Waals surface area contributed by atoms with Crippen molar-refractivity contribution < 1.29 is 19.0 Å². The van der Waals surface area contributed by atoms with E-state index in [-0.39, 0.29) is 11.5 Å². The molecule has 2 N–H and O–H groups in total. The zero-order chi connectivity index (χ0) is 12.0. The highest BCUT2D eigenvalue weighted by atomic mass is 35.5. The molecule has 0 aliphatic rings. The van der Waals surface area contributed by atoms with Crippen LogP contribution in [0.1, 0.15) is 19.8 Å². The molecule has 0 aromatic heterocycles. The van der Waals surface area contributed by atoms with Gasteiger partial charge in [-0.3, -0.25) is 4.52 Å². The maximum atomic E-state index is 9.45. The molecule has 16 heavy (non-hydrogen) atoms. The summed E-state index contributed by atoms with van der Waals surface area (Å²) in [5, 5.41) is 9.38. The maximum absolute atomic E-state index is 9.45. The summed E-state index contributed by atoms with van der Waals surface area (Å²) < 4.78 is 10.0. The molecule has 0 heterocycles. The molecular weight excluding hydrogens is 251 g/mol. The zero-order valence-corrected chi connectivity index (χ0v) is 10.5. The third-order valence-corrected chi connectivity index (χ3v) is 2.98. The SMILES string of the molecule is CCC[C@H](Cl)OP(O)Oc1ccccc1O. The molecule has 1 unspecified atom stereocenters. The van der Waals surface area contributed by atoms with E-state index in [0.717, 1.165) is 6.42 Å². The Morgan fingerprint density at radius 1 is 1.44 bits per heavy atom. The second kappa shape index (κ2) is 6.92. The number of phenolic OH excluding ortho intramolecular Hbond substituents is 1. The number of phenols is 1. The first-order valence-electron chi connectivity index (χ1n) is 4.89. The minimum absolute atomic E-state index is 0.0470. The van der Waals surface area contributed by atoms with Gasteiger partial charge in [0.05, 0.1) is 0 Å². The number of benzene rings is 1. The Morgan fingerprint density at radius 3 is 2.75 bits per heavy atom. The van der Waals surface area contributed by atoms with E-state index in [4.69, 9.17) is 20.6 Å². The van der Waals surface area contributed by atoms with E-state index < -0.39 is 14.2 Å². The fraction of sp³-hybridized carbons (Fsp3) is 0.400. The van der Waals surface area contributed by atoms with Gasteiger partial charge in [0.25, 0.3) is 0 Å². The first kappa shape index (κ1) is 13.5. The Morgan fingerprint density at radius 2 is 2.12 bits per heavy atom. The topological polar surface area (TPSA) is 58.9 Å². The highest BCUT2D eigenvalue weighted by Crippen LogP contribution is 2.41. The lowest BCUT2D eigenvalue weighted by Crippen LogP contribution is -2.02. The molecule has 0 saturated carbocycles. The van der Waals surface area contributed by atoms with Gasteiger partial charge >= 0.3 is 8.60 Å². The van der Waals surface area contributed by atoms with Gasteiger partial charge in [0, 0.05) is 0 Å². The first-order valence-corrected chi connectivity index (χ1v) is 6.46. The van der Waals surface area contributed by atoms with E-state index in [1.54, 1.807) is 12.1 Å². The second-order valence-corrected chi connectivity index (χ2v) is 4.46. The van der Waals surface area contributed by atoms with Crippen LogP contribution in [0.15, 0.2) is 24.3 Å². The summed E-state index contributed by atoms with van der Waals surface area (Å²) in [5.41, 5.74) is -0.577. The van der Waals surface area contributed by atoms with Gasteiger partial charge in [-0.15, -0.1) is 0 Å². The predicted octanol–water partition coefficient (Wildman–Crippen LogP) is 3.37. The Hall–Kier alpha value is -0.540. The molecule has 2 atom stereocenters. The van der Waals surface area contributed by atoms with Crippen LogP contribution in [-0.2, 0) is 4.52 Å². The molecule has 90 valence electrons. The van der Waals surface area contributed by atoms with Gasteiger partial charge in [-0.2, -0.15) is 0 Å². The monoisotopic (exact) mass is 264 g/mol. The summed E-state index contributed by atoms with van der Waals surface area (Å²) >= 11 is 5.77. The van der Waals surface area contributed by atoms with E-state index in [0.29, 0.717) is 6.42 Å². The molecule has 0 saturated heterocycles. The van der Waals surface area contributed by atoms with Crippen LogP contribution in [0.5, 0.6) is 11.5 Å². The lowest BCUT2D eigenvalue weighted by atomic mass is 10.3. The van der Waals surface area contributed by atoms with Crippen molar-refractivity contribution in [2.75, 3.05) is 0 Å². The summed E-state index contributed by atoms with van der Waals surface area (Å²) in [6, 6.07) is 6.34. The van der Waals surface area contributed by atoms with Crippen molar-refractivity contribution in [1.29, 1.82) is 0 Å². The number of alkyl halides is 1. The first-order chi connectivity index (χ1) is 7.63. The van der Waals surface area contributed by atoms with Crippen LogP contribution in [0.3, 0.4) is 0 Å². The molecule has 1 aromatic rings. The number of hydrogen-bond donors (Lipinski definition) is 2. The van der Waals surface area contributed by atoms with Crippen molar-refractivity contribution >= 4 is 20.2 Å². The Balaban J connectivity index is 2.45. The van der Waals surface area contributed by atoms with Gasteiger partial charge < -0.3 is 14.5 Å². The van der Waals surface area contributed by atoms with Gasteiger partial charge in [-0.1, -0.05) is 37.1 Å². The van der Waals surface area contributed by atoms with E-state index in [1.807, 2.05) is 6.92 Å². The molecule has 0 bridgehead atoms. The largest absolute Gasteiger partial charge is 0.504 e. The van der Waals surface area contributed by atoms with Crippen molar-refractivity contribution in [2.45, 2.75) is 25.3 Å². The Labute approximate surface area is 101 Å². The minimum Gasteiger partial charge on any atom is -0.504 e. The van der Waals surface area contributed by atoms with Crippen LogP contribution < -0.4 is 4.52 Å². The zero-order valence-electron chi connectivity index (χ0n) is 8.84. The van der Waals surface area contributed by atoms with E-state index >= 15 is 0 Å². The minimum atomic E-state index is -2.12. The second-order valence-electron chi connectivity index (χ2n) is 3.10. The van der Waals surface area contributed by atoms with E-state index in [2.05, 4.69) is 0 Å². The van der Waals surface area contributed by atoms with Crippen molar-refractivity contribution in [3.8, 4) is 11.5 Å². The van der Waals surface area contributed by atoms with Crippen molar-refractivity contribution in [3.63, 3.8) is 0 Å². The molecule has 0 fully saturated rings. The van der Waals surface area contributed by atoms with Crippen LogP contribution >= 0.6 is 20.2 Å². The number of rotatable bonds is 6. The highest BCUT2D eigenvalue weighted by molar-refractivity contribution is 7.41. The molecule has 6 heteroatoms. The van der Waals surface area contributed by atoms with Crippen LogP contribution in [0.4, 0.5) is 0 Å². The van der Waals surface area contributed by atoms with Crippen LogP contribution in [0.2, 0.25) is 0 Å². The van der Waals surface area contributed by atoms with Gasteiger partial charge in [-0.05, 0) is 18.6 Å². The summed E-state index contributed by atoms with van der Waals surface area (Å²) in [7, 11) is -2.12. The van der Waals surface area contributed by atoms with Crippen LogP contribution in [0, 0.1) is 0 Å². The number of para-hydroxylation sites is 2. The summed E-state index contributed by atoms with van der Waals surface area (Å²) in [6.45, 7) is 1.96. The Kier molecular flexibility index (Phi) is 5.85. The van der Waals surface area contributed by atoms with Crippen LogP contribution in [-0.4, -0.2) is 15.6 Å². The lowest BCUT2D eigenvalue weighted by molar-refractivity contribution is 0.225. The summed E-state index contributed by atoms with van der Waals surface area (Å²) in [6.07, 6.45) is 1.49. The van der Waals surface area contributed by atoms with Gasteiger partial charge in [0.2, 0.25) is 0 Å². The van der Waals surface area contributed by atoms with E-state index in [9.17, 15) is 10.00 Å². The average molecular weight is 265 g/mol. The fourth-order valence-corrected chi connectivity index (χ4v) is 2.11. The van der Waals surface area contributed by atoms with Gasteiger partial charge in [-0.25, -0.2) is 0 Å². The average Bonchev–Trinajstić information content (AvgIpc) is 2.21. The molecule has 0 radical (unpaired) electrons. The van der Waals surface area contributed by atoms with Crippen molar-refractivity contribution in [3.05, 3.63) is 24.3 Å². The molecule has 0 aliphatic carbocycles. The van der Waals surface area contributed by atoms with Crippen molar-refractivity contribution in [1.82, 2.24) is 0 Å². The normalized spacial score (nSPS) is 14.4. The van der Waals surface area contributed by atoms with Gasteiger partial charge in [0.15, 0.2) is 11.5 Å². The predicted molar refractivity (Wildman–Crippen MR) is 63.5 cm³/mol. The number of aromatic hydroxyl groups is 1. The molecular formula is C10H14ClO4P. The van der Waals surface area contributed by atoms with Crippen LogP contribution in [0.25, 0.3) is 0 Å². The summed E-state index contributed by atoms with van der Waals surface area (Å²) in [4.78, 5) is 9.45. The highest BCUT2D eigenvalue weighted by Gasteiger charge is 2.16. The molecule has 1 aromatic carbocycles. The number of hydrogen-bond acceptors (Lipinski definition) is 4. The van der Waals surface area contributed by atoms with Crippen molar-refractivity contribution in [2.24, 2.45) is 0 Å². The lowest BCUT2D eigenvalue weighted by Gasteiger charge is -2.15. The molecule has 1 rings (SSSR count). The quantitative estimate of drug-likeness (QED) is 0.611.